The third-order valence-electron chi connectivity index (χ3n) is 4.39. The van der Waals surface area contributed by atoms with Gasteiger partial charge in [-0.15, -0.1) is 0 Å². The minimum Gasteiger partial charge on any atom is -0.507 e. The molecule has 2 aromatic carbocycles. The molecule has 134 valence electrons. The molecule has 0 spiro atoms. The number of rotatable bonds is 4. The second-order valence-corrected chi connectivity index (χ2v) is 7.05. The standard InChI is InChI=1S/C20H18BrNO4/c1-12-2-4-14(5-3-12)18(24)16-17(13-6-8-15(21)9-7-13)22(10-11-23)20(26)19(16)25/h2-9,17,23-24H,10-11H2,1H3/t17-/m0/s1. The summed E-state index contributed by atoms with van der Waals surface area (Å²) in [6, 6.07) is 13.5. The van der Waals surface area contributed by atoms with Crippen LogP contribution in [0.4, 0.5) is 0 Å². The zero-order valence-corrected chi connectivity index (χ0v) is 15.7. The number of benzene rings is 2. The van der Waals surface area contributed by atoms with E-state index >= 15 is 0 Å². The van der Waals surface area contributed by atoms with Gasteiger partial charge in [0.05, 0.1) is 18.2 Å². The number of ketones is 1. The van der Waals surface area contributed by atoms with Gasteiger partial charge < -0.3 is 15.1 Å². The van der Waals surface area contributed by atoms with E-state index in [1.807, 2.05) is 19.1 Å². The van der Waals surface area contributed by atoms with Crippen LogP contribution in [0.5, 0.6) is 0 Å². The molecule has 2 aromatic rings. The molecule has 1 heterocycles. The predicted octanol–water partition coefficient (Wildman–Crippen LogP) is 3.17. The highest BCUT2D eigenvalue weighted by molar-refractivity contribution is 9.10. The van der Waals surface area contributed by atoms with Gasteiger partial charge in [-0.2, -0.15) is 0 Å². The number of aliphatic hydroxyl groups excluding tert-OH is 2. The molecule has 1 amide bonds. The molecule has 0 saturated carbocycles. The minimum absolute atomic E-state index is 0.00990. The first-order valence-corrected chi connectivity index (χ1v) is 8.95. The van der Waals surface area contributed by atoms with Gasteiger partial charge in [-0.3, -0.25) is 9.59 Å². The number of aryl methyl sites for hydroxylation is 1. The van der Waals surface area contributed by atoms with Crippen molar-refractivity contribution < 1.29 is 19.8 Å². The first-order valence-electron chi connectivity index (χ1n) is 8.16. The molecule has 1 fully saturated rings. The highest BCUT2D eigenvalue weighted by atomic mass is 79.9. The van der Waals surface area contributed by atoms with Crippen molar-refractivity contribution >= 4 is 33.4 Å². The Kier molecular flexibility index (Phi) is 5.25. The van der Waals surface area contributed by atoms with Crippen LogP contribution in [0.25, 0.3) is 5.76 Å². The van der Waals surface area contributed by atoms with Gasteiger partial charge in [0.15, 0.2) is 0 Å². The number of carbonyl (C=O) groups excluding carboxylic acids is 2. The molecular weight excluding hydrogens is 398 g/mol. The molecular formula is C20H18BrNO4. The number of β-amino-alcohol motifs (C(OH)–C–C–N with tert-alkyl or cyclic N) is 1. The highest BCUT2D eigenvalue weighted by Crippen LogP contribution is 2.39. The van der Waals surface area contributed by atoms with Gasteiger partial charge in [0.25, 0.3) is 11.7 Å². The van der Waals surface area contributed by atoms with Crippen LogP contribution in [0.2, 0.25) is 0 Å². The van der Waals surface area contributed by atoms with Crippen LogP contribution in [0, 0.1) is 6.92 Å². The molecule has 2 N–H and O–H groups in total. The van der Waals surface area contributed by atoms with E-state index in [0.29, 0.717) is 11.1 Å². The maximum absolute atomic E-state index is 12.6. The fraction of sp³-hybridized carbons (Fsp3) is 0.200. The lowest BCUT2D eigenvalue weighted by Gasteiger charge is -2.24. The first kappa shape index (κ1) is 18.4. The summed E-state index contributed by atoms with van der Waals surface area (Å²) in [4.78, 5) is 26.4. The molecule has 0 radical (unpaired) electrons. The smallest absolute Gasteiger partial charge is 0.295 e. The Hall–Kier alpha value is -2.44. The summed E-state index contributed by atoms with van der Waals surface area (Å²) in [5.74, 6) is -1.68. The maximum Gasteiger partial charge on any atom is 0.295 e. The second kappa shape index (κ2) is 7.43. The van der Waals surface area contributed by atoms with E-state index < -0.39 is 17.7 Å². The molecule has 0 aliphatic carbocycles. The zero-order chi connectivity index (χ0) is 18.8. The van der Waals surface area contributed by atoms with Crippen molar-refractivity contribution in [2.75, 3.05) is 13.2 Å². The molecule has 1 aliphatic heterocycles. The Balaban J connectivity index is 2.17. The largest absolute Gasteiger partial charge is 0.507 e. The predicted molar refractivity (Wildman–Crippen MR) is 101 cm³/mol. The molecule has 1 saturated heterocycles. The lowest BCUT2D eigenvalue weighted by atomic mass is 9.95. The SMILES string of the molecule is Cc1ccc(C(O)=C2C(=O)C(=O)N(CCO)[C@H]2c2ccc(Br)cc2)cc1. The molecule has 1 atom stereocenters. The van der Waals surface area contributed by atoms with Crippen LogP contribution in [0.3, 0.4) is 0 Å². The van der Waals surface area contributed by atoms with Crippen molar-refractivity contribution in [3.8, 4) is 0 Å². The van der Waals surface area contributed by atoms with Crippen molar-refractivity contribution in [2.45, 2.75) is 13.0 Å². The zero-order valence-electron chi connectivity index (χ0n) is 14.1. The normalized spacial score (nSPS) is 19.2. The van der Waals surface area contributed by atoms with Crippen molar-refractivity contribution in [3.63, 3.8) is 0 Å². The molecule has 6 heteroatoms. The van der Waals surface area contributed by atoms with Crippen LogP contribution in [-0.4, -0.2) is 40.0 Å². The molecule has 1 aliphatic rings. The molecule has 0 aromatic heterocycles. The highest BCUT2D eigenvalue weighted by Gasteiger charge is 2.45. The number of aliphatic hydroxyl groups is 2. The van der Waals surface area contributed by atoms with Gasteiger partial charge in [-0.05, 0) is 24.6 Å². The van der Waals surface area contributed by atoms with Crippen LogP contribution in [0.1, 0.15) is 22.7 Å². The third kappa shape index (κ3) is 3.30. The topological polar surface area (TPSA) is 77.8 Å². The molecule has 0 unspecified atom stereocenters. The number of nitrogens with zero attached hydrogens (tertiary/aromatic N) is 1. The summed E-state index contributed by atoms with van der Waals surface area (Å²) in [5.41, 5.74) is 2.22. The van der Waals surface area contributed by atoms with E-state index in [-0.39, 0.29) is 24.5 Å². The Labute approximate surface area is 159 Å². The van der Waals surface area contributed by atoms with Crippen molar-refractivity contribution in [1.29, 1.82) is 0 Å². The molecule has 5 nitrogen and oxygen atoms in total. The van der Waals surface area contributed by atoms with E-state index in [0.717, 1.165) is 10.0 Å². The van der Waals surface area contributed by atoms with E-state index in [2.05, 4.69) is 15.9 Å². The van der Waals surface area contributed by atoms with E-state index in [1.54, 1.807) is 36.4 Å². The van der Waals surface area contributed by atoms with Crippen LogP contribution >= 0.6 is 15.9 Å². The van der Waals surface area contributed by atoms with E-state index in [4.69, 9.17) is 0 Å². The molecule has 0 bridgehead atoms. The van der Waals surface area contributed by atoms with Crippen LogP contribution < -0.4 is 0 Å². The van der Waals surface area contributed by atoms with Gasteiger partial charge in [0.1, 0.15) is 5.76 Å². The van der Waals surface area contributed by atoms with Crippen molar-refractivity contribution in [3.05, 3.63) is 75.3 Å². The van der Waals surface area contributed by atoms with Gasteiger partial charge in [-0.25, -0.2) is 0 Å². The Morgan fingerprint density at radius 3 is 2.27 bits per heavy atom. The first-order chi connectivity index (χ1) is 12.4. The van der Waals surface area contributed by atoms with Gasteiger partial charge in [-0.1, -0.05) is 57.9 Å². The number of Topliss-reactive ketones (excluding diaryl/α,β-unsaturated/α-hetero) is 1. The van der Waals surface area contributed by atoms with E-state index in [9.17, 15) is 19.8 Å². The summed E-state index contributed by atoms with van der Waals surface area (Å²) < 4.78 is 0.860. The summed E-state index contributed by atoms with van der Waals surface area (Å²) in [5, 5.41) is 20.1. The maximum atomic E-state index is 12.6. The van der Waals surface area contributed by atoms with Crippen molar-refractivity contribution in [1.82, 2.24) is 4.90 Å². The fourth-order valence-corrected chi connectivity index (χ4v) is 3.34. The third-order valence-corrected chi connectivity index (χ3v) is 4.92. The summed E-state index contributed by atoms with van der Waals surface area (Å²) in [7, 11) is 0. The summed E-state index contributed by atoms with van der Waals surface area (Å²) >= 11 is 3.36. The number of carbonyl (C=O) groups is 2. The average molecular weight is 416 g/mol. The lowest BCUT2D eigenvalue weighted by Crippen LogP contribution is -2.32. The van der Waals surface area contributed by atoms with Crippen LogP contribution in [0.15, 0.2) is 58.6 Å². The number of halogens is 1. The second-order valence-electron chi connectivity index (χ2n) is 6.13. The average Bonchev–Trinajstić information content (AvgIpc) is 2.88. The lowest BCUT2D eigenvalue weighted by molar-refractivity contribution is -0.140. The number of amides is 1. The number of likely N-dealkylation sites (tertiary alicyclic amines) is 1. The number of hydrogen-bond donors (Lipinski definition) is 2. The Morgan fingerprint density at radius 2 is 1.69 bits per heavy atom. The Bertz CT molecular complexity index is 872. The fourth-order valence-electron chi connectivity index (χ4n) is 3.08. The van der Waals surface area contributed by atoms with Gasteiger partial charge in [0.2, 0.25) is 0 Å². The van der Waals surface area contributed by atoms with Gasteiger partial charge >= 0.3 is 0 Å². The Morgan fingerprint density at radius 1 is 1.08 bits per heavy atom. The van der Waals surface area contributed by atoms with Crippen LogP contribution in [-0.2, 0) is 9.59 Å². The summed E-state index contributed by atoms with van der Waals surface area (Å²) in [6.45, 7) is 1.66. The quantitative estimate of drug-likeness (QED) is 0.456. The molecule has 3 rings (SSSR count). The molecule has 26 heavy (non-hydrogen) atoms. The van der Waals surface area contributed by atoms with E-state index in [1.165, 1.54) is 4.90 Å². The van der Waals surface area contributed by atoms with Crippen molar-refractivity contribution in [2.24, 2.45) is 0 Å². The number of hydrogen-bond acceptors (Lipinski definition) is 4. The minimum atomic E-state index is -0.746. The summed E-state index contributed by atoms with van der Waals surface area (Å²) in [6.07, 6.45) is 0. The monoisotopic (exact) mass is 415 g/mol. The van der Waals surface area contributed by atoms with Gasteiger partial charge in [0, 0.05) is 16.6 Å².